The Labute approximate surface area is 108 Å². The zero-order valence-corrected chi connectivity index (χ0v) is 10.2. The van der Waals surface area contributed by atoms with E-state index >= 15 is 0 Å². The summed E-state index contributed by atoms with van der Waals surface area (Å²) >= 11 is 21.7. The second kappa shape index (κ2) is 4.61. The van der Waals surface area contributed by atoms with E-state index in [9.17, 15) is 18.0 Å². The molecule has 0 aliphatic rings. The van der Waals surface area contributed by atoms with Gasteiger partial charge in [0.2, 0.25) is 0 Å². The van der Waals surface area contributed by atoms with Gasteiger partial charge in [0.1, 0.15) is 0 Å². The molecular weight excluding hydrogens is 311 g/mol. The summed E-state index contributed by atoms with van der Waals surface area (Å²) in [5.74, 6) is 0. The number of hydrogen-bond acceptors (Lipinski definition) is 1. The molecule has 1 aromatic carbocycles. The van der Waals surface area contributed by atoms with Crippen molar-refractivity contribution < 1.29 is 18.0 Å². The third-order valence-electron chi connectivity index (χ3n) is 1.70. The molecule has 0 radical (unpaired) electrons. The van der Waals surface area contributed by atoms with Gasteiger partial charge in [-0.1, -0.05) is 46.4 Å². The largest absolute Gasteiger partial charge is 0.419 e. The fourth-order valence-corrected chi connectivity index (χ4v) is 2.17. The van der Waals surface area contributed by atoms with Gasteiger partial charge >= 0.3 is 6.18 Å². The molecule has 1 rings (SSSR count). The first-order chi connectivity index (χ1) is 7.21. The maximum Gasteiger partial charge on any atom is 0.419 e. The van der Waals surface area contributed by atoms with E-state index in [1.807, 2.05) is 0 Å². The van der Waals surface area contributed by atoms with Gasteiger partial charge < -0.3 is 0 Å². The lowest BCUT2D eigenvalue weighted by atomic mass is 10.1. The molecule has 0 fully saturated rings. The number of halogens is 7. The third kappa shape index (κ3) is 2.25. The van der Waals surface area contributed by atoms with Crippen molar-refractivity contribution >= 4 is 52.7 Å². The zero-order valence-electron chi connectivity index (χ0n) is 7.13. The highest BCUT2D eigenvalue weighted by Crippen LogP contribution is 2.47. The van der Waals surface area contributed by atoms with Crippen molar-refractivity contribution in [2.75, 3.05) is 0 Å². The number of carbonyl (C=O) groups is 1. The van der Waals surface area contributed by atoms with Crippen LogP contribution in [0.2, 0.25) is 20.1 Å². The van der Waals surface area contributed by atoms with Crippen LogP contribution in [0.3, 0.4) is 0 Å². The summed E-state index contributed by atoms with van der Waals surface area (Å²) < 4.78 is 37.6. The van der Waals surface area contributed by atoms with E-state index in [0.717, 1.165) is 0 Å². The first kappa shape index (κ1) is 13.9. The average Bonchev–Trinajstić information content (AvgIpc) is 2.14. The zero-order chi connectivity index (χ0) is 12.7. The summed E-state index contributed by atoms with van der Waals surface area (Å²) in [4.78, 5) is 10.5. The van der Waals surface area contributed by atoms with Crippen LogP contribution in [0.25, 0.3) is 0 Å². The number of hydrogen-bond donors (Lipinski definition) is 0. The van der Waals surface area contributed by atoms with Crippen molar-refractivity contribution in [1.29, 1.82) is 0 Å². The highest BCUT2D eigenvalue weighted by atomic mass is 35.5. The summed E-state index contributed by atoms with van der Waals surface area (Å²) in [7, 11) is 0. The van der Waals surface area contributed by atoms with E-state index in [-0.39, 0.29) is 11.8 Å². The predicted molar refractivity (Wildman–Crippen MR) is 56.9 cm³/mol. The number of carbonyl (C=O) groups excluding carboxylic acids is 1. The van der Waals surface area contributed by atoms with Crippen LogP contribution in [0, 0.1) is 0 Å². The lowest BCUT2D eigenvalue weighted by Crippen LogP contribution is -2.09. The molecule has 8 heteroatoms. The molecule has 16 heavy (non-hydrogen) atoms. The number of aldehydes is 1. The lowest BCUT2D eigenvalue weighted by molar-refractivity contribution is -0.137. The summed E-state index contributed by atoms with van der Waals surface area (Å²) in [5.41, 5.74) is -1.72. The number of rotatable bonds is 1. The Hall–Kier alpha value is -0.160. The Kier molecular flexibility index (Phi) is 4.00. The summed E-state index contributed by atoms with van der Waals surface area (Å²) in [6, 6.07) is 0. The van der Waals surface area contributed by atoms with E-state index in [4.69, 9.17) is 46.4 Å². The molecule has 0 saturated carbocycles. The van der Waals surface area contributed by atoms with Crippen LogP contribution >= 0.6 is 46.4 Å². The molecule has 0 atom stereocenters. The average molecular weight is 312 g/mol. The predicted octanol–water partition coefficient (Wildman–Crippen LogP) is 5.13. The van der Waals surface area contributed by atoms with Gasteiger partial charge in [0, 0.05) is 0 Å². The fourth-order valence-electron chi connectivity index (χ4n) is 1.00. The van der Waals surface area contributed by atoms with Gasteiger partial charge in [-0.2, -0.15) is 13.2 Å². The van der Waals surface area contributed by atoms with Gasteiger partial charge in [0.05, 0.1) is 31.2 Å². The quantitative estimate of drug-likeness (QED) is 0.519. The molecule has 0 unspecified atom stereocenters. The van der Waals surface area contributed by atoms with Gasteiger partial charge in [-0.15, -0.1) is 0 Å². The van der Waals surface area contributed by atoms with E-state index in [1.165, 1.54) is 0 Å². The van der Waals surface area contributed by atoms with Gasteiger partial charge in [-0.05, 0) is 0 Å². The van der Waals surface area contributed by atoms with E-state index in [0.29, 0.717) is 0 Å². The Morgan fingerprint density at radius 2 is 1.25 bits per heavy atom. The SMILES string of the molecule is O=Cc1c(Cl)c(Cl)c(C(F)(F)F)c(Cl)c1Cl. The molecule has 0 bridgehead atoms. The monoisotopic (exact) mass is 310 g/mol. The molecule has 0 aliphatic carbocycles. The van der Waals surface area contributed by atoms with Crippen molar-refractivity contribution in [3.05, 3.63) is 31.2 Å². The van der Waals surface area contributed by atoms with Crippen LogP contribution in [-0.4, -0.2) is 6.29 Å². The molecule has 1 nitrogen and oxygen atoms in total. The summed E-state index contributed by atoms with van der Waals surface area (Å²) in [6.45, 7) is 0. The molecule has 88 valence electrons. The van der Waals surface area contributed by atoms with Crippen LogP contribution in [-0.2, 0) is 6.18 Å². The minimum absolute atomic E-state index is 0.183. The van der Waals surface area contributed by atoms with Crippen LogP contribution in [0.4, 0.5) is 13.2 Å². The Morgan fingerprint density at radius 3 is 1.50 bits per heavy atom. The van der Waals surface area contributed by atoms with E-state index in [1.54, 1.807) is 0 Å². The topological polar surface area (TPSA) is 17.1 Å². The van der Waals surface area contributed by atoms with Crippen LogP contribution in [0.5, 0.6) is 0 Å². The van der Waals surface area contributed by atoms with Crippen LogP contribution in [0.15, 0.2) is 0 Å². The smallest absolute Gasteiger partial charge is 0.298 e. The van der Waals surface area contributed by atoms with E-state index in [2.05, 4.69) is 0 Å². The summed E-state index contributed by atoms with van der Waals surface area (Å²) in [5, 5.41) is -2.83. The molecule has 0 aromatic heterocycles. The van der Waals surface area contributed by atoms with Crippen molar-refractivity contribution in [1.82, 2.24) is 0 Å². The van der Waals surface area contributed by atoms with Gasteiger partial charge in [0.15, 0.2) is 6.29 Å². The Morgan fingerprint density at radius 1 is 0.875 bits per heavy atom. The van der Waals surface area contributed by atoms with Crippen molar-refractivity contribution in [2.45, 2.75) is 6.18 Å². The molecule has 1 aromatic rings. The second-order valence-electron chi connectivity index (χ2n) is 2.66. The second-order valence-corrected chi connectivity index (χ2v) is 4.17. The van der Waals surface area contributed by atoms with Gasteiger partial charge in [-0.3, -0.25) is 4.79 Å². The molecule has 0 N–H and O–H groups in total. The maximum absolute atomic E-state index is 12.5. The fraction of sp³-hybridized carbons (Fsp3) is 0.125. The van der Waals surface area contributed by atoms with Crippen LogP contribution in [0.1, 0.15) is 15.9 Å². The molecule has 0 heterocycles. The van der Waals surface area contributed by atoms with Crippen molar-refractivity contribution in [3.63, 3.8) is 0 Å². The number of alkyl halides is 3. The lowest BCUT2D eigenvalue weighted by Gasteiger charge is -2.14. The first-order valence-electron chi connectivity index (χ1n) is 3.60. The van der Waals surface area contributed by atoms with Crippen LogP contribution < -0.4 is 0 Å². The Bertz CT molecular complexity index is 427. The molecule has 0 aliphatic heterocycles. The highest BCUT2D eigenvalue weighted by Gasteiger charge is 2.39. The van der Waals surface area contributed by atoms with E-state index < -0.39 is 31.8 Å². The summed E-state index contributed by atoms with van der Waals surface area (Å²) in [6.07, 6.45) is -4.62. The standard InChI is InChI=1S/C8HCl4F3O/c9-4-2(1-16)5(10)7(12)3(6(4)11)8(13,14)15/h1H. The van der Waals surface area contributed by atoms with Gasteiger partial charge in [-0.25, -0.2) is 0 Å². The normalized spacial score (nSPS) is 11.7. The van der Waals surface area contributed by atoms with Crippen molar-refractivity contribution in [3.8, 4) is 0 Å². The minimum atomic E-state index is -4.80. The third-order valence-corrected chi connectivity index (χ3v) is 3.43. The molecular formula is C8HCl4F3O. The number of benzene rings is 1. The minimum Gasteiger partial charge on any atom is -0.298 e. The maximum atomic E-state index is 12.5. The highest BCUT2D eigenvalue weighted by molar-refractivity contribution is 6.50. The van der Waals surface area contributed by atoms with Crippen molar-refractivity contribution in [2.24, 2.45) is 0 Å². The Balaban J connectivity index is 3.74. The molecule has 0 spiro atoms. The first-order valence-corrected chi connectivity index (χ1v) is 5.11. The molecule has 0 amide bonds. The molecule has 0 saturated heterocycles. The van der Waals surface area contributed by atoms with Gasteiger partial charge in [0.25, 0.3) is 0 Å².